The number of hydrogen-bond donors (Lipinski definition) is 13. The highest BCUT2D eigenvalue weighted by atomic mass is 16.7. The molecule has 0 saturated carbocycles. The number of rotatable bonds is 10. The van der Waals surface area contributed by atoms with Gasteiger partial charge in [-0.05, 0) is 18.2 Å². The highest BCUT2D eigenvalue weighted by Crippen LogP contribution is 2.39. The van der Waals surface area contributed by atoms with Crippen molar-refractivity contribution in [3.8, 4) is 34.3 Å². The quantitative estimate of drug-likeness (QED) is 0.0912. The number of carboxylic acids is 2. The van der Waals surface area contributed by atoms with E-state index in [1.54, 1.807) is 0 Å². The van der Waals surface area contributed by atoms with Crippen LogP contribution in [0.1, 0.15) is 0 Å². The van der Waals surface area contributed by atoms with E-state index in [0.29, 0.717) is 0 Å². The van der Waals surface area contributed by atoms with E-state index in [-0.39, 0.29) is 28.0 Å². The molecular weight excluding hydrogens is 764 g/mol. The van der Waals surface area contributed by atoms with Gasteiger partial charge in [-0.3, -0.25) is 4.79 Å². The van der Waals surface area contributed by atoms with Crippen LogP contribution in [0.5, 0.6) is 23.0 Å². The molecule has 0 spiro atoms. The lowest BCUT2D eigenvalue weighted by Crippen LogP contribution is -2.61. The molecule has 0 amide bonds. The maximum atomic E-state index is 13.3. The Labute approximate surface area is 311 Å². The van der Waals surface area contributed by atoms with E-state index in [4.69, 9.17) is 32.8 Å². The maximum Gasteiger partial charge on any atom is 0.335 e. The van der Waals surface area contributed by atoms with E-state index in [1.165, 1.54) is 6.07 Å². The number of hydrogen-bond acceptors (Lipinski definition) is 21. The molecule has 3 aliphatic heterocycles. The van der Waals surface area contributed by atoms with Crippen molar-refractivity contribution < 1.29 is 109 Å². The zero-order valence-electron chi connectivity index (χ0n) is 28.2. The minimum atomic E-state index is -2.08. The minimum absolute atomic E-state index is 0.0434. The summed E-state index contributed by atoms with van der Waals surface area (Å²) in [6.07, 6.45) is -29.2. The molecule has 13 N–H and O–H groups in total. The molecule has 4 heterocycles. The Morgan fingerprint density at radius 2 is 1.12 bits per heavy atom. The molecule has 3 aliphatic rings. The first-order valence-electron chi connectivity index (χ1n) is 16.5. The van der Waals surface area contributed by atoms with Crippen molar-refractivity contribution in [2.75, 3.05) is 6.61 Å². The standard InChI is InChI=1S/C33H36O23/c34-7-16-18(37)19(38)24(43)32(54-16)53-14-3-8(1-2-12(14)52-33-26(45)21(40)23(42)28(56-33)30(48)49)13-6-11(36)17-10(35)4-9(5-15(17)51-13)50-31-25(44)20(39)22(41)27(55-31)29(46)47/h1-6,16,18-28,31-35,37-45H,7H2,(H,46,47)(H,48,49)/t16-,18-,19+,20+,21-,22+,23+,24-,25+,26-,27+,28+,31-,32-,33-/m1/s1. The van der Waals surface area contributed by atoms with Crippen molar-refractivity contribution in [2.24, 2.45) is 0 Å². The molecule has 15 atom stereocenters. The van der Waals surface area contributed by atoms with Crippen molar-refractivity contribution in [3.63, 3.8) is 0 Å². The summed E-state index contributed by atoms with van der Waals surface area (Å²) in [6.45, 7) is -0.845. The fraction of sp³-hybridized carbons (Fsp3) is 0.485. The molecule has 0 unspecified atom stereocenters. The van der Waals surface area contributed by atoms with Crippen LogP contribution in [0.15, 0.2) is 45.6 Å². The number of carbonyl (C=O) groups is 2. The van der Waals surface area contributed by atoms with Crippen molar-refractivity contribution in [2.45, 2.75) is 92.1 Å². The van der Waals surface area contributed by atoms with Crippen LogP contribution in [0.2, 0.25) is 0 Å². The van der Waals surface area contributed by atoms with Crippen LogP contribution in [0.25, 0.3) is 22.3 Å². The first-order valence-corrected chi connectivity index (χ1v) is 16.5. The smallest absolute Gasteiger partial charge is 0.335 e. The number of aliphatic hydroxyl groups is 10. The normalized spacial score (nSPS) is 36.1. The monoisotopic (exact) mass is 800 g/mol. The number of phenols is 1. The number of aliphatic hydroxyl groups excluding tert-OH is 10. The van der Waals surface area contributed by atoms with E-state index >= 15 is 0 Å². The zero-order chi connectivity index (χ0) is 40.9. The average Bonchev–Trinajstić information content (AvgIpc) is 3.15. The van der Waals surface area contributed by atoms with Gasteiger partial charge in [-0.1, -0.05) is 0 Å². The lowest BCUT2D eigenvalue weighted by molar-refractivity contribution is -0.280. The van der Waals surface area contributed by atoms with E-state index in [0.717, 1.165) is 30.3 Å². The zero-order valence-corrected chi connectivity index (χ0v) is 28.2. The summed E-state index contributed by atoms with van der Waals surface area (Å²) in [7, 11) is 0. The van der Waals surface area contributed by atoms with Gasteiger partial charge in [0.25, 0.3) is 0 Å². The largest absolute Gasteiger partial charge is 0.507 e. The number of benzene rings is 2. The molecule has 3 saturated heterocycles. The number of aromatic hydroxyl groups is 1. The first-order chi connectivity index (χ1) is 26.4. The van der Waals surface area contributed by atoms with Gasteiger partial charge < -0.3 is 99.2 Å². The van der Waals surface area contributed by atoms with Gasteiger partial charge in [-0.15, -0.1) is 0 Å². The van der Waals surface area contributed by atoms with Crippen molar-refractivity contribution >= 4 is 22.9 Å². The summed E-state index contributed by atoms with van der Waals surface area (Å²) < 4.78 is 38.4. The molecule has 3 fully saturated rings. The third-order valence-electron chi connectivity index (χ3n) is 9.22. The summed E-state index contributed by atoms with van der Waals surface area (Å²) in [5, 5.41) is 131. The Bertz CT molecular complexity index is 1980. The van der Waals surface area contributed by atoms with Gasteiger partial charge in [-0.25, -0.2) is 9.59 Å². The summed E-state index contributed by atoms with van der Waals surface area (Å²) >= 11 is 0. The number of phenolic OH excluding ortho intramolecular Hbond substituents is 1. The predicted molar refractivity (Wildman–Crippen MR) is 174 cm³/mol. The van der Waals surface area contributed by atoms with Crippen LogP contribution >= 0.6 is 0 Å². The van der Waals surface area contributed by atoms with E-state index < -0.39 is 133 Å². The third-order valence-corrected chi connectivity index (χ3v) is 9.22. The Morgan fingerprint density at radius 1 is 0.607 bits per heavy atom. The van der Waals surface area contributed by atoms with Crippen molar-refractivity contribution in [1.82, 2.24) is 0 Å². The first kappa shape index (κ1) is 40.9. The lowest BCUT2D eigenvalue weighted by Gasteiger charge is -2.40. The molecule has 0 aliphatic carbocycles. The Morgan fingerprint density at radius 3 is 1.68 bits per heavy atom. The Hall–Kier alpha value is -4.73. The second kappa shape index (κ2) is 16.0. The van der Waals surface area contributed by atoms with Gasteiger partial charge in [0.15, 0.2) is 29.1 Å². The summed E-state index contributed by atoms with van der Waals surface area (Å²) in [6, 6.07) is 6.25. The van der Waals surface area contributed by atoms with Gasteiger partial charge in [-0.2, -0.15) is 0 Å². The molecule has 6 rings (SSSR count). The number of carboxylic acid groups (broad SMARTS) is 2. The molecule has 306 valence electrons. The fourth-order valence-corrected chi connectivity index (χ4v) is 6.15. The van der Waals surface area contributed by atoms with E-state index in [9.17, 15) is 80.8 Å². The number of ether oxygens (including phenoxy) is 6. The SMILES string of the molecule is O=C(O)[C@H]1O[C@@H](Oc2cc(O)c3c(=O)cc(-c4ccc(O[C@@H]5O[C@H](C(=O)O)[C@@H](O)[C@@H](O)[C@H]5O)c(O[C@@H]5O[C@H](CO)[C@@H](O)[C@H](O)[C@H]5O)c4)oc3c2)[C@@H](O)[C@@H](O)[C@@H]1O. The van der Waals surface area contributed by atoms with Crippen LogP contribution in [-0.2, 0) is 23.8 Å². The van der Waals surface area contributed by atoms with Crippen LogP contribution in [0, 0.1) is 0 Å². The second-order valence-corrected chi connectivity index (χ2v) is 13.0. The number of fused-ring (bicyclic) bond motifs is 1. The molecule has 2 aromatic carbocycles. The summed E-state index contributed by atoms with van der Waals surface area (Å²) in [4.78, 5) is 36.4. The molecule has 3 aromatic rings. The summed E-state index contributed by atoms with van der Waals surface area (Å²) in [5.74, 6) is -5.69. The molecule has 0 bridgehead atoms. The topological polar surface area (TPSA) is 383 Å². The van der Waals surface area contributed by atoms with Crippen LogP contribution in [0.4, 0.5) is 0 Å². The molecule has 23 nitrogen and oxygen atoms in total. The predicted octanol–water partition coefficient (Wildman–Crippen LogP) is -5.11. The number of aliphatic carboxylic acids is 2. The van der Waals surface area contributed by atoms with Crippen LogP contribution in [0.3, 0.4) is 0 Å². The van der Waals surface area contributed by atoms with Crippen molar-refractivity contribution in [1.29, 1.82) is 0 Å². The maximum absolute atomic E-state index is 13.3. The van der Waals surface area contributed by atoms with Crippen LogP contribution in [-0.4, -0.2) is 177 Å². The van der Waals surface area contributed by atoms with Gasteiger partial charge in [0, 0.05) is 23.8 Å². The van der Waals surface area contributed by atoms with Gasteiger partial charge in [0.05, 0.1) is 6.61 Å². The highest BCUT2D eigenvalue weighted by Gasteiger charge is 2.50. The third kappa shape index (κ3) is 7.68. The molecular formula is C33H36O23. The average molecular weight is 801 g/mol. The van der Waals surface area contributed by atoms with Crippen LogP contribution < -0.4 is 19.6 Å². The Kier molecular flexibility index (Phi) is 11.7. The van der Waals surface area contributed by atoms with E-state index in [1.807, 2.05) is 0 Å². The van der Waals surface area contributed by atoms with Gasteiger partial charge in [0.2, 0.25) is 18.9 Å². The Balaban J connectivity index is 1.37. The second-order valence-electron chi connectivity index (χ2n) is 13.0. The molecule has 56 heavy (non-hydrogen) atoms. The highest BCUT2D eigenvalue weighted by molar-refractivity contribution is 5.86. The molecule has 0 radical (unpaired) electrons. The lowest BCUT2D eigenvalue weighted by atomic mass is 9.99. The van der Waals surface area contributed by atoms with Crippen molar-refractivity contribution in [3.05, 3.63) is 46.6 Å². The molecule has 23 heteroatoms. The van der Waals surface area contributed by atoms with Gasteiger partial charge in [0.1, 0.15) is 89.3 Å². The molecule has 1 aromatic heterocycles. The minimum Gasteiger partial charge on any atom is -0.507 e. The summed E-state index contributed by atoms with van der Waals surface area (Å²) in [5.41, 5.74) is -1.25. The fourth-order valence-electron chi connectivity index (χ4n) is 6.15. The van der Waals surface area contributed by atoms with Gasteiger partial charge >= 0.3 is 11.9 Å². The van der Waals surface area contributed by atoms with E-state index in [2.05, 4.69) is 0 Å².